The Labute approximate surface area is 137 Å². The van der Waals surface area contributed by atoms with Crippen molar-refractivity contribution >= 4 is 22.6 Å². The van der Waals surface area contributed by atoms with Crippen LogP contribution in [0.25, 0.3) is 5.03 Å². The first-order chi connectivity index (χ1) is 10.6. The third-order valence-corrected chi connectivity index (χ3v) is 4.40. The van der Waals surface area contributed by atoms with Crippen LogP contribution in [0, 0.1) is 17.3 Å². The van der Waals surface area contributed by atoms with Crippen molar-refractivity contribution in [1.29, 1.82) is 0 Å². The molecule has 126 valence electrons. The summed E-state index contributed by atoms with van der Waals surface area (Å²) in [6, 6.07) is 5.24. The lowest BCUT2D eigenvalue weighted by molar-refractivity contribution is -0.274. The van der Waals surface area contributed by atoms with Crippen LogP contribution in [0.2, 0.25) is 0 Å². The molecular weight excluding hydrogens is 333 g/mol. The number of halogens is 4. The summed E-state index contributed by atoms with van der Waals surface area (Å²) in [6.07, 6.45) is -2.99. The number of alkyl halides is 3. The third-order valence-electron chi connectivity index (χ3n) is 4.06. The van der Waals surface area contributed by atoms with Gasteiger partial charge in [-0.25, -0.2) is 0 Å². The Morgan fingerprint density at radius 1 is 1.26 bits per heavy atom. The van der Waals surface area contributed by atoms with Crippen LogP contribution in [0.1, 0.15) is 19.4 Å². The number of benzene rings is 1. The van der Waals surface area contributed by atoms with Gasteiger partial charge in [-0.2, -0.15) is 0 Å². The Morgan fingerprint density at radius 3 is 2.30 bits per heavy atom. The summed E-state index contributed by atoms with van der Waals surface area (Å²) in [6.45, 7) is 3.86. The molecule has 0 aromatic heterocycles. The van der Waals surface area contributed by atoms with Crippen LogP contribution < -0.4 is 4.74 Å². The molecule has 0 radical (unpaired) electrons. The van der Waals surface area contributed by atoms with Crippen LogP contribution in [0.4, 0.5) is 13.2 Å². The third kappa shape index (κ3) is 3.99. The minimum absolute atomic E-state index is 0.0754. The predicted molar refractivity (Wildman–Crippen MR) is 79.7 cm³/mol. The molecule has 0 aliphatic heterocycles. The summed E-state index contributed by atoms with van der Waals surface area (Å²) in [4.78, 5) is 11.7. The van der Waals surface area contributed by atoms with Crippen LogP contribution in [0.3, 0.4) is 0 Å². The van der Waals surface area contributed by atoms with Gasteiger partial charge < -0.3 is 9.47 Å². The quantitative estimate of drug-likeness (QED) is 0.745. The van der Waals surface area contributed by atoms with E-state index in [4.69, 9.17) is 16.3 Å². The van der Waals surface area contributed by atoms with Gasteiger partial charge in [-0.3, -0.25) is 4.79 Å². The number of rotatable bonds is 4. The summed E-state index contributed by atoms with van der Waals surface area (Å²) >= 11 is 6.21. The van der Waals surface area contributed by atoms with Crippen molar-refractivity contribution < 1.29 is 27.4 Å². The van der Waals surface area contributed by atoms with Crippen LogP contribution >= 0.6 is 11.6 Å². The first kappa shape index (κ1) is 17.7. The van der Waals surface area contributed by atoms with E-state index in [-0.39, 0.29) is 29.0 Å². The molecule has 2 unspecified atom stereocenters. The fourth-order valence-electron chi connectivity index (χ4n) is 2.64. The maximum atomic E-state index is 12.1. The summed E-state index contributed by atoms with van der Waals surface area (Å²) in [5.74, 6) is -0.956. The smallest absolute Gasteiger partial charge is 0.469 e. The van der Waals surface area contributed by atoms with E-state index in [0.717, 1.165) is 0 Å². The van der Waals surface area contributed by atoms with E-state index in [9.17, 15) is 18.0 Å². The van der Waals surface area contributed by atoms with Gasteiger partial charge >= 0.3 is 12.3 Å². The van der Waals surface area contributed by atoms with E-state index < -0.39 is 6.36 Å². The van der Waals surface area contributed by atoms with Crippen molar-refractivity contribution in [1.82, 2.24) is 0 Å². The number of ether oxygens (including phenoxy) is 2. The van der Waals surface area contributed by atoms with Gasteiger partial charge in [-0.1, -0.05) is 31.5 Å². The van der Waals surface area contributed by atoms with Gasteiger partial charge in [0.1, 0.15) is 5.75 Å². The molecule has 0 amide bonds. The van der Waals surface area contributed by atoms with Gasteiger partial charge in [-0.05, 0) is 41.2 Å². The maximum absolute atomic E-state index is 12.1. The van der Waals surface area contributed by atoms with E-state index in [1.807, 2.05) is 13.8 Å². The van der Waals surface area contributed by atoms with Crippen LogP contribution in [-0.2, 0) is 9.53 Å². The number of carbonyl (C=O) groups excluding carboxylic acids is 1. The molecule has 0 bridgehead atoms. The molecule has 1 aliphatic rings. The highest BCUT2D eigenvalue weighted by Crippen LogP contribution is 2.60. The van der Waals surface area contributed by atoms with E-state index in [1.165, 1.54) is 31.4 Å². The topological polar surface area (TPSA) is 35.5 Å². The normalized spacial score (nSPS) is 23.3. The Kier molecular flexibility index (Phi) is 4.66. The molecule has 0 spiro atoms. The Hall–Kier alpha value is -1.69. The Morgan fingerprint density at radius 2 is 1.83 bits per heavy atom. The van der Waals surface area contributed by atoms with Crippen molar-refractivity contribution in [2.75, 3.05) is 7.11 Å². The van der Waals surface area contributed by atoms with Gasteiger partial charge in [0, 0.05) is 5.03 Å². The molecule has 1 aliphatic carbocycles. The number of allylic oxidation sites excluding steroid dienone is 1. The van der Waals surface area contributed by atoms with Crippen LogP contribution in [0.15, 0.2) is 30.3 Å². The first-order valence-electron chi connectivity index (χ1n) is 6.87. The lowest BCUT2D eigenvalue weighted by Crippen LogP contribution is -2.16. The second-order valence-corrected chi connectivity index (χ2v) is 6.34. The highest BCUT2D eigenvalue weighted by Gasteiger charge is 2.61. The molecule has 0 heterocycles. The summed E-state index contributed by atoms with van der Waals surface area (Å²) < 4.78 is 44.9. The molecule has 23 heavy (non-hydrogen) atoms. The molecule has 0 N–H and O–H groups in total. The summed E-state index contributed by atoms with van der Waals surface area (Å²) in [5, 5.41) is 0.369. The van der Waals surface area contributed by atoms with Gasteiger partial charge in [0.15, 0.2) is 0 Å². The lowest BCUT2D eigenvalue weighted by atomic mass is 10.1. The van der Waals surface area contributed by atoms with Crippen LogP contribution in [0.5, 0.6) is 5.75 Å². The zero-order chi connectivity index (χ0) is 17.4. The minimum atomic E-state index is -4.73. The van der Waals surface area contributed by atoms with Gasteiger partial charge in [0.25, 0.3) is 0 Å². The SMILES string of the molecule is COC(=O)C1C(C=C(Cl)c2ccc(OC(F)(F)F)cc2)C1(C)C. The zero-order valence-corrected chi connectivity index (χ0v) is 13.5. The average molecular weight is 349 g/mol. The van der Waals surface area contributed by atoms with Crippen molar-refractivity contribution in [3.05, 3.63) is 35.9 Å². The molecule has 2 rings (SSSR count). The second kappa shape index (κ2) is 6.07. The van der Waals surface area contributed by atoms with E-state index >= 15 is 0 Å². The predicted octanol–water partition coefficient (Wildman–Crippen LogP) is 4.61. The number of hydrogen-bond donors (Lipinski definition) is 0. The molecule has 2 atom stereocenters. The monoisotopic (exact) mass is 348 g/mol. The maximum Gasteiger partial charge on any atom is 0.573 e. The summed E-state index contributed by atoms with van der Waals surface area (Å²) in [5.41, 5.74) is 0.291. The average Bonchev–Trinajstić information content (AvgIpc) is 2.98. The number of hydrogen-bond acceptors (Lipinski definition) is 3. The molecule has 1 fully saturated rings. The van der Waals surface area contributed by atoms with E-state index in [0.29, 0.717) is 10.6 Å². The molecule has 7 heteroatoms. The number of methoxy groups -OCH3 is 1. The molecule has 1 aromatic carbocycles. The zero-order valence-electron chi connectivity index (χ0n) is 12.8. The standard InChI is InChI=1S/C16H16ClF3O3/c1-15(2)11(13(15)14(21)22-3)8-12(17)9-4-6-10(7-5-9)23-16(18,19)20/h4-8,11,13H,1-3H3. The Bertz CT molecular complexity index is 620. The number of esters is 1. The first-order valence-corrected chi connectivity index (χ1v) is 7.25. The minimum Gasteiger partial charge on any atom is -0.469 e. The largest absolute Gasteiger partial charge is 0.573 e. The van der Waals surface area contributed by atoms with Crippen LogP contribution in [-0.4, -0.2) is 19.4 Å². The van der Waals surface area contributed by atoms with Crippen molar-refractivity contribution in [2.24, 2.45) is 17.3 Å². The van der Waals surface area contributed by atoms with Gasteiger partial charge in [0.05, 0.1) is 13.0 Å². The molecular formula is C16H16ClF3O3. The van der Waals surface area contributed by atoms with E-state index in [2.05, 4.69) is 4.74 Å². The molecule has 1 aromatic rings. The Balaban J connectivity index is 2.12. The molecule has 1 saturated carbocycles. The second-order valence-electron chi connectivity index (χ2n) is 5.93. The van der Waals surface area contributed by atoms with Crippen molar-refractivity contribution in [3.8, 4) is 5.75 Å². The highest BCUT2D eigenvalue weighted by molar-refractivity contribution is 6.48. The fraction of sp³-hybridized carbons (Fsp3) is 0.438. The van der Waals surface area contributed by atoms with Gasteiger partial charge in [0.2, 0.25) is 0 Å². The molecule has 3 nitrogen and oxygen atoms in total. The fourth-order valence-corrected chi connectivity index (χ4v) is 2.90. The lowest BCUT2D eigenvalue weighted by Gasteiger charge is -2.09. The van der Waals surface area contributed by atoms with E-state index in [1.54, 1.807) is 6.08 Å². The van der Waals surface area contributed by atoms with Crippen molar-refractivity contribution in [3.63, 3.8) is 0 Å². The highest BCUT2D eigenvalue weighted by atomic mass is 35.5. The number of carbonyl (C=O) groups is 1. The van der Waals surface area contributed by atoms with Gasteiger partial charge in [-0.15, -0.1) is 13.2 Å². The molecule has 0 saturated heterocycles. The van der Waals surface area contributed by atoms with Crippen molar-refractivity contribution in [2.45, 2.75) is 20.2 Å². The summed E-state index contributed by atoms with van der Waals surface area (Å²) in [7, 11) is 1.33.